The standard InChI is InChI=1S/C22H25N5O/c28-21(20-8-7-18-5-1-2-6-19(18)17-20)23-11-4-12-26-13-15-27(16-14-26)22-24-9-3-10-25-22/h1-3,5-10,17H,4,11-16H2,(H,23,28). The highest BCUT2D eigenvalue weighted by atomic mass is 16.1. The van der Waals surface area contributed by atoms with Crippen LogP contribution in [0.3, 0.4) is 0 Å². The molecule has 6 heteroatoms. The number of hydrogen-bond donors (Lipinski definition) is 1. The molecule has 1 aliphatic heterocycles. The number of hydrogen-bond acceptors (Lipinski definition) is 5. The second-order valence-electron chi connectivity index (χ2n) is 7.05. The van der Waals surface area contributed by atoms with Crippen molar-refractivity contribution in [2.24, 2.45) is 0 Å². The molecule has 0 bridgehead atoms. The third-order valence-corrected chi connectivity index (χ3v) is 5.16. The number of rotatable bonds is 6. The molecule has 0 saturated carbocycles. The number of carbonyl (C=O) groups excluding carboxylic acids is 1. The van der Waals surface area contributed by atoms with Crippen LogP contribution in [0.5, 0.6) is 0 Å². The van der Waals surface area contributed by atoms with Gasteiger partial charge in [0, 0.05) is 50.7 Å². The van der Waals surface area contributed by atoms with Crippen molar-refractivity contribution in [2.75, 3.05) is 44.2 Å². The van der Waals surface area contributed by atoms with Gasteiger partial charge in [-0.3, -0.25) is 9.69 Å². The fraction of sp³-hybridized carbons (Fsp3) is 0.318. The van der Waals surface area contributed by atoms with Gasteiger partial charge in [0.2, 0.25) is 5.95 Å². The lowest BCUT2D eigenvalue weighted by Gasteiger charge is -2.34. The van der Waals surface area contributed by atoms with E-state index in [1.165, 1.54) is 0 Å². The molecular formula is C22H25N5O. The van der Waals surface area contributed by atoms with E-state index in [1.807, 2.05) is 42.5 Å². The van der Waals surface area contributed by atoms with Crippen LogP contribution >= 0.6 is 0 Å². The third kappa shape index (κ3) is 4.46. The molecular weight excluding hydrogens is 350 g/mol. The van der Waals surface area contributed by atoms with E-state index in [1.54, 1.807) is 12.4 Å². The predicted molar refractivity (Wildman–Crippen MR) is 112 cm³/mol. The van der Waals surface area contributed by atoms with Gasteiger partial charge in [-0.05, 0) is 41.9 Å². The first-order valence-corrected chi connectivity index (χ1v) is 9.81. The van der Waals surface area contributed by atoms with E-state index in [0.717, 1.165) is 61.4 Å². The van der Waals surface area contributed by atoms with Crippen LogP contribution in [0.25, 0.3) is 10.8 Å². The number of carbonyl (C=O) groups is 1. The van der Waals surface area contributed by atoms with Crippen LogP contribution in [-0.2, 0) is 0 Å². The van der Waals surface area contributed by atoms with Crippen molar-refractivity contribution in [1.29, 1.82) is 0 Å². The molecule has 2 aromatic carbocycles. The minimum atomic E-state index is -0.00296. The predicted octanol–water partition coefficient (Wildman–Crippen LogP) is 2.57. The maximum atomic E-state index is 12.4. The number of benzene rings is 2. The van der Waals surface area contributed by atoms with Crippen molar-refractivity contribution in [2.45, 2.75) is 6.42 Å². The highest BCUT2D eigenvalue weighted by Crippen LogP contribution is 2.15. The highest BCUT2D eigenvalue weighted by Gasteiger charge is 2.18. The van der Waals surface area contributed by atoms with Gasteiger partial charge in [-0.2, -0.15) is 0 Å². The van der Waals surface area contributed by atoms with Crippen LogP contribution in [0, 0.1) is 0 Å². The molecule has 3 aromatic rings. The monoisotopic (exact) mass is 375 g/mol. The SMILES string of the molecule is O=C(NCCCN1CCN(c2ncccn2)CC1)c1ccc2ccccc2c1. The molecule has 28 heavy (non-hydrogen) atoms. The summed E-state index contributed by atoms with van der Waals surface area (Å²) < 4.78 is 0. The molecule has 1 aromatic heterocycles. The van der Waals surface area contributed by atoms with Gasteiger partial charge in [0.25, 0.3) is 5.91 Å². The minimum Gasteiger partial charge on any atom is -0.352 e. The largest absolute Gasteiger partial charge is 0.352 e. The van der Waals surface area contributed by atoms with Crippen LogP contribution in [0.2, 0.25) is 0 Å². The third-order valence-electron chi connectivity index (χ3n) is 5.16. The number of amides is 1. The van der Waals surface area contributed by atoms with Gasteiger partial charge in [-0.15, -0.1) is 0 Å². The lowest BCUT2D eigenvalue weighted by Crippen LogP contribution is -2.47. The topological polar surface area (TPSA) is 61.4 Å². The first-order chi connectivity index (χ1) is 13.8. The quantitative estimate of drug-likeness (QED) is 0.671. The first kappa shape index (κ1) is 18.4. The number of nitrogens with zero attached hydrogens (tertiary/aromatic N) is 4. The van der Waals surface area contributed by atoms with Crippen molar-refractivity contribution < 1.29 is 4.79 Å². The van der Waals surface area contributed by atoms with E-state index in [4.69, 9.17) is 0 Å². The Morgan fingerprint density at radius 2 is 1.68 bits per heavy atom. The Kier molecular flexibility index (Phi) is 5.77. The average molecular weight is 375 g/mol. The Hall–Kier alpha value is -2.99. The molecule has 144 valence electrons. The fourth-order valence-corrected chi connectivity index (χ4v) is 3.56. The maximum Gasteiger partial charge on any atom is 0.251 e. The molecule has 6 nitrogen and oxygen atoms in total. The van der Waals surface area contributed by atoms with Crippen LogP contribution in [0.15, 0.2) is 60.9 Å². The number of piperazine rings is 1. The summed E-state index contributed by atoms with van der Waals surface area (Å²) in [4.78, 5) is 25.7. The van der Waals surface area contributed by atoms with E-state index in [9.17, 15) is 4.79 Å². The second kappa shape index (κ2) is 8.80. The first-order valence-electron chi connectivity index (χ1n) is 9.81. The van der Waals surface area contributed by atoms with E-state index in [0.29, 0.717) is 6.54 Å². The normalized spacial score (nSPS) is 14.9. The van der Waals surface area contributed by atoms with Gasteiger partial charge in [-0.25, -0.2) is 9.97 Å². The maximum absolute atomic E-state index is 12.4. The Balaban J connectivity index is 1.19. The lowest BCUT2D eigenvalue weighted by molar-refractivity contribution is 0.0951. The zero-order chi connectivity index (χ0) is 19.2. The van der Waals surface area contributed by atoms with Crippen molar-refractivity contribution in [3.05, 3.63) is 66.5 Å². The number of nitrogens with one attached hydrogen (secondary N) is 1. The number of anilines is 1. The zero-order valence-corrected chi connectivity index (χ0v) is 15.9. The van der Waals surface area contributed by atoms with Crippen molar-refractivity contribution in [1.82, 2.24) is 20.2 Å². The van der Waals surface area contributed by atoms with Gasteiger partial charge >= 0.3 is 0 Å². The van der Waals surface area contributed by atoms with Gasteiger partial charge in [0.1, 0.15) is 0 Å². The van der Waals surface area contributed by atoms with Crippen LogP contribution in [-0.4, -0.2) is 60.0 Å². The molecule has 1 amide bonds. The Morgan fingerprint density at radius 3 is 2.46 bits per heavy atom. The molecule has 4 rings (SSSR count). The number of fused-ring (bicyclic) bond motifs is 1. The molecule has 0 aliphatic carbocycles. The molecule has 0 atom stereocenters. The molecule has 0 spiro atoms. The minimum absolute atomic E-state index is 0.00296. The summed E-state index contributed by atoms with van der Waals surface area (Å²) >= 11 is 0. The molecule has 1 aliphatic rings. The molecule has 0 unspecified atom stereocenters. The van der Waals surface area contributed by atoms with Crippen LogP contribution in [0.1, 0.15) is 16.8 Å². The van der Waals surface area contributed by atoms with Crippen molar-refractivity contribution >= 4 is 22.6 Å². The Morgan fingerprint density at radius 1 is 0.929 bits per heavy atom. The smallest absolute Gasteiger partial charge is 0.251 e. The summed E-state index contributed by atoms with van der Waals surface area (Å²) in [5, 5.41) is 5.29. The zero-order valence-electron chi connectivity index (χ0n) is 15.9. The van der Waals surface area contributed by atoms with E-state index in [2.05, 4.69) is 31.2 Å². The van der Waals surface area contributed by atoms with Gasteiger partial charge in [0.05, 0.1) is 0 Å². The molecule has 1 N–H and O–H groups in total. The average Bonchev–Trinajstić information content (AvgIpc) is 2.77. The van der Waals surface area contributed by atoms with Crippen LogP contribution in [0.4, 0.5) is 5.95 Å². The number of aromatic nitrogens is 2. The summed E-state index contributed by atoms with van der Waals surface area (Å²) in [7, 11) is 0. The summed E-state index contributed by atoms with van der Waals surface area (Å²) in [5.41, 5.74) is 0.718. The highest BCUT2D eigenvalue weighted by molar-refractivity contribution is 5.98. The van der Waals surface area contributed by atoms with Gasteiger partial charge in [-0.1, -0.05) is 30.3 Å². The summed E-state index contributed by atoms with van der Waals surface area (Å²) in [6.07, 6.45) is 4.51. The van der Waals surface area contributed by atoms with Crippen LogP contribution < -0.4 is 10.2 Å². The van der Waals surface area contributed by atoms with Gasteiger partial charge < -0.3 is 10.2 Å². The molecule has 0 radical (unpaired) electrons. The summed E-state index contributed by atoms with van der Waals surface area (Å²) in [6, 6.07) is 15.8. The fourth-order valence-electron chi connectivity index (χ4n) is 3.56. The van der Waals surface area contributed by atoms with E-state index in [-0.39, 0.29) is 5.91 Å². The van der Waals surface area contributed by atoms with Crippen molar-refractivity contribution in [3.8, 4) is 0 Å². The Bertz CT molecular complexity index is 922. The lowest BCUT2D eigenvalue weighted by atomic mass is 10.1. The van der Waals surface area contributed by atoms with E-state index >= 15 is 0 Å². The summed E-state index contributed by atoms with van der Waals surface area (Å²) in [5.74, 6) is 0.807. The van der Waals surface area contributed by atoms with Gasteiger partial charge in [0.15, 0.2) is 0 Å². The molecule has 1 fully saturated rings. The van der Waals surface area contributed by atoms with Crippen molar-refractivity contribution in [3.63, 3.8) is 0 Å². The van der Waals surface area contributed by atoms with E-state index < -0.39 is 0 Å². The molecule has 2 heterocycles. The molecule has 1 saturated heterocycles. The Labute approximate surface area is 165 Å². The summed E-state index contributed by atoms with van der Waals surface area (Å²) in [6.45, 7) is 5.55. The second-order valence-corrected chi connectivity index (χ2v) is 7.05.